The first-order valence-corrected chi connectivity index (χ1v) is 9.30. The molecule has 1 atom stereocenters. The number of para-hydroxylation sites is 2. The van der Waals surface area contributed by atoms with Crippen LogP contribution in [-0.2, 0) is 17.6 Å². The first kappa shape index (κ1) is 18.0. The molecule has 0 unspecified atom stereocenters. The molecular weight excluding hydrogens is 352 g/mol. The second kappa shape index (κ2) is 7.68. The zero-order valence-corrected chi connectivity index (χ0v) is 15.9. The summed E-state index contributed by atoms with van der Waals surface area (Å²) in [6.45, 7) is 3.67. The number of H-pyrrole nitrogens is 1. The summed E-state index contributed by atoms with van der Waals surface area (Å²) in [5, 5.41) is 7.06. The number of nitrogens with zero attached hydrogens (tertiary/aromatic N) is 2. The number of aromatic nitrogens is 3. The van der Waals surface area contributed by atoms with Crippen LogP contribution in [0.1, 0.15) is 34.4 Å². The van der Waals surface area contributed by atoms with Crippen LogP contribution in [0.25, 0.3) is 11.0 Å². The van der Waals surface area contributed by atoms with Crippen molar-refractivity contribution in [2.75, 3.05) is 0 Å². The van der Waals surface area contributed by atoms with Crippen molar-refractivity contribution in [1.29, 1.82) is 0 Å². The van der Waals surface area contributed by atoms with E-state index in [2.05, 4.69) is 27.6 Å². The van der Waals surface area contributed by atoms with Crippen LogP contribution < -0.4 is 5.32 Å². The van der Waals surface area contributed by atoms with Crippen LogP contribution in [-0.4, -0.2) is 21.0 Å². The number of aryl methyl sites for hydroxylation is 2. The van der Waals surface area contributed by atoms with Gasteiger partial charge >= 0.3 is 0 Å². The number of rotatable bonds is 6. The molecule has 2 aromatic heterocycles. The van der Waals surface area contributed by atoms with Gasteiger partial charge in [0.1, 0.15) is 11.6 Å². The van der Waals surface area contributed by atoms with Crippen LogP contribution in [0.4, 0.5) is 0 Å². The number of carbonyl (C=O) groups is 1. The third kappa shape index (κ3) is 3.81. The summed E-state index contributed by atoms with van der Waals surface area (Å²) in [5.74, 6) is 1.34. The molecule has 4 rings (SSSR count). The van der Waals surface area contributed by atoms with Crippen molar-refractivity contribution in [1.82, 2.24) is 20.4 Å². The fourth-order valence-electron chi connectivity index (χ4n) is 3.36. The summed E-state index contributed by atoms with van der Waals surface area (Å²) in [7, 11) is 0. The SMILES string of the molecule is Cc1noc(C)c1CC(=O)N[C@@H](Cc1ccccc1)c1nc2ccccc2[nH]1. The van der Waals surface area contributed by atoms with Crippen LogP contribution in [0.3, 0.4) is 0 Å². The second-order valence-electron chi connectivity index (χ2n) is 6.93. The normalized spacial score (nSPS) is 12.2. The highest BCUT2D eigenvalue weighted by Gasteiger charge is 2.21. The average Bonchev–Trinajstić information content (AvgIpc) is 3.27. The number of hydrogen-bond acceptors (Lipinski definition) is 4. The molecule has 0 radical (unpaired) electrons. The number of imidazole rings is 1. The Morgan fingerprint density at radius 3 is 2.57 bits per heavy atom. The molecular formula is C22H22N4O2. The van der Waals surface area contributed by atoms with Gasteiger partial charge in [-0.1, -0.05) is 47.6 Å². The molecule has 0 fully saturated rings. The summed E-state index contributed by atoms with van der Waals surface area (Å²) < 4.78 is 5.17. The molecule has 142 valence electrons. The number of nitrogens with one attached hydrogen (secondary N) is 2. The lowest BCUT2D eigenvalue weighted by atomic mass is 10.0. The van der Waals surface area contributed by atoms with Gasteiger partial charge in [0.15, 0.2) is 0 Å². The number of carbonyl (C=O) groups excluding carboxylic acids is 1. The fraction of sp³-hybridized carbons (Fsp3) is 0.227. The van der Waals surface area contributed by atoms with E-state index in [0.29, 0.717) is 12.2 Å². The van der Waals surface area contributed by atoms with Gasteiger partial charge in [0.05, 0.1) is 29.2 Å². The molecule has 0 aliphatic carbocycles. The predicted octanol–water partition coefficient (Wildman–Crippen LogP) is 3.81. The van der Waals surface area contributed by atoms with Gasteiger partial charge in [0.2, 0.25) is 5.91 Å². The number of hydrogen-bond donors (Lipinski definition) is 2. The van der Waals surface area contributed by atoms with E-state index in [4.69, 9.17) is 9.51 Å². The topological polar surface area (TPSA) is 83.8 Å². The van der Waals surface area contributed by atoms with E-state index in [9.17, 15) is 4.79 Å². The number of fused-ring (bicyclic) bond motifs is 1. The molecule has 0 aliphatic rings. The third-order valence-corrected chi connectivity index (χ3v) is 4.87. The lowest BCUT2D eigenvalue weighted by Crippen LogP contribution is -2.32. The van der Waals surface area contributed by atoms with Gasteiger partial charge in [0.25, 0.3) is 0 Å². The Labute approximate surface area is 163 Å². The maximum atomic E-state index is 12.8. The molecule has 0 aliphatic heterocycles. The van der Waals surface area contributed by atoms with E-state index in [-0.39, 0.29) is 18.4 Å². The van der Waals surface area contributed by atoms with Gasteiger partial charge < -0.3 is 14.8 Å². The molecule has 0 saturated heterocycles. The zero-order valence-electron chi connectivity index (χ0n) is 15.9. The molecule has 6 nitrogen and oxygen atoms in total. The van der Waals surface area contributed by atoms with Gasteiger partial charge in [-0.25, -0.2) is 4.98 Å². The maximum Gasteiger partial charge on any atom is 0.225 e. The molecule has 4 aromatic rings. The standard InChI is InChI=1S/C22H22N4O2/c1-14-17(15(2)28-26-14)13-21(27)23-20(12-16-8-4-3-5-9-16)22-24-18-10-6-7-11-19(18)25-22/h3-11,20H,12-13H2,1-2H3,(H,23,27)(H,24,25)/t20-/m0/s1. The van der Waals surface area contributed by atoms with Gasteiger partial charge in [-0.2, -0.15) is 0 Å². The van der Waals surface area contributed by atoms with Crippen molar-refractivity contribution in [2.45, 2.75) is 32.7 Å². The van der Waals surface area contributed by atoms with E-state index in [1.807, 2.05) is 56.3 Å². The minimum absolute atomic E-state index is 0.0872. The summed E-state index contributed by atoms with van der Waals surface area (Å²) in [6.07, 6.45) is 0.876. The first-order chi connectivity index (χ1) is 13.6. The van der Waals surface area contributed by atoms with Crippen molar-refractivity contribution in [3.05, 3.63) is 83.0 Å². The Bertz CT molecular complexity index is 1050. The Hall–Kier alpha value is -3.41. The number of amides is 1. The third-order valence-electron chi connectivity index (χ3n) is 4.87. The minimum Gasteiger partial charge on any atom is -0.361 e. The van der Waals surface area contributed by atoms with Gasteiger partial charge in [-0.05, 0) is 38.0 Å². The van der Waals surface area contributed by atoms with Gasteiger partial charge in [-0.3, -0.25) is 4.79 Å². The molecule has 1 amide bonds. The van der Waals surface area contributed by atoms with E-state index < -0.39 is 0 Å². The Kier molecular flexibility index (Phi) is 4.93. The fourth-order valence-corrected chi connectivity index (χ4v) is 3.36. The van der Waals surface area contributed by atoms with Gasteiger partial charge in [0, 0.05) is 5.56 Å². The van der Waals surface area contributed by atoms with Crippen molar-refractivity contribution in [2.24, 2.45) is 0 Å². The molecule has 28 heavy (non-hydrogen) atoms. The smallest absolute Gasteiger partial charge is 0.225 e. The van der Waals surface area contributed by atoms with Crippen LogP contribution >= 0.6 is 0 Å². The molecule has 0 spiro atoms. The highest BCUT2D eigenvalue weighted by molar-refractivity contribution is 5.80. The van der Waals surface area contributed by atoms with E-state index in [1.165, 1.54) is 0 Å². The zero-order chi connectivity index (χ0) is 19.5. The highest BCUT2D eigenvalue weighted by atomic mass is 16.5. The summed E-state index contributed by atoms with van der Waals surface area (Å²) in [6, 6.07) is 17.7. The van der Waals surface area contributed by atoms with Crippen molar-refractivity contribution in [3.8, 4) is 0 Å². The quantitative estimate of drug-likeness (QED) is 0.537. The molecule has 2 aromatic carbocycles. The Morgan fingerprint density at radius 2 is 1.86 bits per heavy atom. The molecule has 2 N–H and O–H groups in total. The maximum absolute atomic E-state index is 12.8. The number of aromatic amines is 1. The second-order valence-corrected chi connectivity index (χ2v) is 6.93. The lowest BCUT2D eigenvalue weighted by molar-refractivity contribution is -0.121. The van der Waals surface area contributed by atoms with Crippen LogP contribution in [0.15, 0.2) is 59.1 Å². The molecule has 0 saturated carbocycles. The summed E-state index contributed by atoms with van der Waals surface area (Å²) in [4.78, 5) is 20.8. The highest BCUT2D eigenvalue weighted by Crippen LogP contribution is 2.21. The minimum atomic E-state index is -0.261. The average molecular weight is 374 g/mol. The van der Waals surface area contributed by atoms with Crippen molar-refractivity contribution >= 4 is 16.9 Å². The molecule has 6 heteroatoms. The van der Waals surface area contributed by atoms with Crippen LogP contribution in [0, 0.1) is 13.8 Å². The van der Waals surface area contributed by atoms with Gasteiger partial charge in [-0.15, -0.1) is 0 Å². The Balaban J connectivity index is 1.59. The summed E-state index contributed by atoms with van der Waals surface area (Å²) >= 11 is 0. The lowest BCUT2D eigenvalue weighted by Gasteiger charge is -2.17. The first-order valence-electron chi connectivity index (χ1n) is 9.30. The van der Waals surface area contributed by atoms with Crippen LogP contribution in [0.2, 0.25) is 0 Å². The van der Waals surface area contributed by atoms with E-state index in [0.717, 1.165) is 33.7 Å². The van der Waals surface area contributed by atoms with E-state index >= 15 is 0 Å². The Morgan fingerprint density at radius 1 is 1.11 bits per heavy atom. The predicted molar refractivity (Wildman–Crippen MR) is 107 cm³/mol. The number of benzene rings is 2. The largest absolute Gasteiger partial charge is 0.361 e. The van der Waals surface area contributed by atoms with E-state index in [1.54, 1.807) is 0 Å². The van der Waals surface area contributed by atoms with Crippen molar-refractivity contribution < 1.29 is 9.32 Å². The molecule has 0 bridgehead atoms. The van der Waals surface area contributed by atoms with Crippen LogP contribution in [0.5, 0.6) is 0 Å². The van der Waals surface area contributed by atoms with Crippen molar-refractivity contribution in [3.63, 3.8) is 0 Å². The summed E-state index contributed by atoms with van der Waals surface area (Å²) in [5.41, 5.74) is 4.55. The monoisotopic (exact) mass is 374 g/mol. The molecule has 2 heterocycles.